The highest BCUT2D eigenvalue weighted by atomic mass is 32.2. The summed E-state index contributed by atoms with van der Waals surface area (Å²) in [6, 6.07) is 0. The molecule has 3 atom stereocenters. The first-order valence-corrected chi connectivity index (χ1v) is 5.91. The van der Waals surface area contributed by atoms with Gasteiger partial charge in [0.05, 0.1) is 24.4 Å². The summed E-state index contributed by atoms with van der Waals surface area (Å²) in [7, 11) is 0. The Labute approximate surface area is 87.0 Å². The minimum absolute atomic E-state index is 0.0495. The van der Waals surface area contributed by atoms with Crippen LogP contribution in [0, 0.1) is 0 Å². The Morgan fingerprint density at radius 2 is 2.43 bits per heavy atom. The minimum Gasteiger partial charge on any atom is -0.481 e. The van der Waals surface area contributed by atoms with Crippen molar-refractivity contribution in [1.82, 2.24) is 0 Å². The maximum Gasteiger partial charge on any atom is 0.306 e. The Morgan fingerprint density at radius 1 is 1.57 bits per heavy atom. The zero-order valence-corrected chi connectivity index (χ0v) is 8.66. The van der Waals surface area contributed by atoms with Crippen LogP contribution in [0.1, 0.15) is 19.3 Å². The molecule has 2 aliphatic heterocycles. The van der Waals surface area contributed by atoms with Crippen molar-refractivity contribution in [2.45, 2.75) is 36.9 Å². The van der Waals surface area contributed by atoms with Gasteiger partial charge in [-0.3, -0.25) is 4.79 Å². The molecule has 0 aromatic carbocycles. The third-order valence-electron chi connectivity index (χ3n) is 2.44. The molecule has 0 spiro atoms. The van der Waals surface area contributed by atoms with Crippen molar-refractivity contribution < 1.29 is 19.4 Å². The standard InChI is InChI=1S/C9H14O4S/c10-8(11)4-6-5-12-9(13-6)7-2-1-3-14-7/h6-7,9H,1-5H2,(H,10,11). The Bertz CT molecular complexity index is 215. The van der Waals surface area contributed by atoms with Crippen LogP contribution >= 0.6 is 11.8 Å². The van der Waals surface area contributed by atoms with Gasteiger partial charge in [-0.05, 0) is 18.6 Å². The zero-order chi connectivity index (χ0) is 9.97. The second-order valence-electron chi connectivity index (χ2n) is 3.61. The number of thioether (sulfide) groups is 1. The third-order valence-corrected chi connectivity index (χ3v) is 3.85. The highest BCUT2D eigenvalue weighted by Crippen LogP contribution is 2.33. The highest BCUT2D eigenvalue weighted by molar-refractivity contribution is 8.00. The molecule has 1 N–H and O–H groups in total. The van der Waals surface area contributed by atoms with Gasteiger partial charge in [0, 0.05) is 0 Å². The zero-order valence-electron chi connectivity index (χ0n) is 7.85. The van der Waals surface area contributed by atoms with Crippen molar-refractivity contribution in [1.29, 1.82) is 0 Å². The fraction of sp³-hybridized carbons (Fsp3) is 0.889. The fourth-order valence-corrected chi connectivity index (χ4v) is 3.05. The summed E-state index contributed by atoms with van der Waals surface area (Å²) in [5, 5.41) is 9.00. The molecule has 0 aromatic rings. The van der Waals surface area contributed by atoms with Gasteiger partial charge in [0.25, 0.3) is 0 Å². The molecule has 2 saturated heterocycles. The molecule has 0 amide bonds. The number of carbonyl (C=O) groups is 1. The van der Waals surface area contributed by atoms with Gasteiger partial charge < -0.3 is 14.6 Å². The Morgan fingerprint density at radius 3 is 3.07 bits per heavy atom. The number of carboxylic acids is 1. The van der Waals surface area contributed by atoms with E-state index in [2.05, 4.69) is 0 Å². The SMILES string of the molecule is O=C(O)CC1COC(C2CCCS2)O1. The summed E-state index contributed by atoms with van der Waals surface area (Å²) in [5.74, 6) is 0.343. The lowest BCUT2D eigenvalue weighted by Crippen LogP contribution is -2.23. The van der Waals surface area contributed by atoms with Gasteiger partial charge in [0.2, 0.25) is 0 Å². The lowest BCUT2D eigenvalue weighted by Gasteiger charge is -2.16. The quantitative estimate of drug-likeness (QED) is 0.768. The van der Waals surface area contributed by atoms with Crippen LogP contribution in [0.5, 0.6) is 0 Å². The number of carboxylic acid groups (broad SMARTS) is 1. The first-order chi connectivity index (χ1) is 6.75. The van der Waals surface area contributed by atoms with E-state index in [-0.39, 0.29) is 18.8 Å². The topological polar surface area (TPSA) is 55.8 Å². The van der Waals surface area contributed by atoms with E-state index >= 15 is 0 Å². The normalized spacial score (nSPS) is 37.6. The molecule has 0 saturated carbocycles. The van der Waals surface area contributed by atoms with Gasteiger partial charge in [-0.25, -0.2) is 0 Å². The molecule has 5 heteroatoms. The summed E-state index contributed by atoms with van der Waals surface area (Å²) >= 11 is 1.86. The summed E-state index contributed by atoms with van der Waals surface area (Å²) in [4.78, 5) is 10.4. The van der Waals surface area contributed by atoms with Crippen LogP contribution in [-0.2, 0) is 14.3 Å². The van der Waals surface area contributed by atoms with Gasteiger partial charge in [-0.15, -0.1) is 0 Å². The average Bonchev–Trinajstić information content (AvgIpc) is 2.69. The van der Waals surface area contributed by atoms with Gasteiger partial charge in [-0.1, -0.05) is 0 Å². The Hall–Kier alpha value is -0.260. The summed E-state index contributed by atoms with van der Waals surface area (Å²) in [6.45, 7) is 0.425. The Kier molecular flexibility index (Phi) is 3.30. The van der Waals surface area contributed by atoms with E-state index < -0.39 is 5.97 Å². The molecule has 80 valence electrons. The largest absolute Gasteiger partial charge is 0.481 e. The number of ether oxygens (including phenoxy) is 2. The van der Waals surface area contributed by atoms with Gasteiger partial charge >= 0.3 is 5.97 Å². The molecule has 4 nitrogen and oxygen atoms in total. The second kappa shape index (κ2) is 4.51. The van der Waals surface area contributed by atoms with E-state index in [1.807, 2.05) is 11.8 Å². The fourth-order valence-electron chi connectivity index (χ4n) is 1.78. The molecule has 14 heavy (non-hydrogen) atoms. The molecule has 3 unspecified atom stereocenters. The molecule has 0 aromatic heterocycles. The number of hydrogen-bond donors (Lipinski definition) is 1. The third kappa shape index (κ3) is 2.40. The summed E-state index contributed by atoms with van der Waals surface area (Å²) in [6.07, 6.45) is 1.95. The number of rotatable bonds is 3. The lowest BCUT2D eigenvalue weighted by atomic mass is 10.2. The highest BCUT2D eigenvalue weighted by Gasteiger charge is 2.35. The van der Waals surface area contributed by atoms with E-state index in [1.54, 1.807) is 0 Å². The molecular formula is C9H14O4S. The monoisotopic (exact) mass is 218 g/mol. The van der Waals surface area contributed by atoms with E-state index in [0.717, 1.165) is 12.2 Å². The van der Waals surface area contributed by atoms with Crippen LogP contribution in [0.25, 0.3) is 0 Å². The van der Waals surface area contributed by atoms with Crippen LogP contribution in [-0.4, -0.2) is 41.1 Å². The van der Waals surface area contributed by atoms with Crippen LogP contribution in [0.4, 0.5) is 0 Å². The van der Waals surface area contributed by atoms with Gasteiger partial charge in [0.15, 0.2) is 6.29 Å². The predicted molar refractivity (Wildman–Crippen MR) is 52.3 cm³/mol. The van der Waals surface area contributed by atoms with Crippen molar-refractivity contribution in [2.24, 2.45) is 0 Å². The van der Waals surface area contributed by atoms with Crippen molar-refractivity contribution in [3.05, 3.63) is 0 Å². The average molecular weight is 218 g/mol. The van der Waals surface area contributed by atoms with E-state index in [9.17, 15) is 4.79 Å². The minimum atomic E-state index is -0.821. The molecule has 2 heterocycles. The molecular weight excluding hydrogens is 204 g/mol. The lowest BCUT2D eigenvalue weighted by molar-refractivity contribution is -0.140. The molecule has 0 bridgehead atoms. The maximum absolute atomic E-state index is 10.4. The van der Waals surface area contributed by atoms with Crippen molar-refractivity contribution in [2.75, 3.05) is 12.4 Å². The van der Waals surface area contributed by atoms with Crippen LogP contribution in [0.15, 0.2) is 0 Å². The maximum atomic E-state index is 10.4. The predicted octanol–water partition coefficient (Wildman–Crippen LogP) is 1.10. The van der Waals surface area contributed by atoms with Crippen LogP contribution in [0.3, 0.4) is 0 Å². The molecule has 2 rings (SSSR count). The van der Waals surface area contributed by atoms with Gasteiger partial charge in [-0.2, -0.15) is 11.8 Å². The second-order valence-corrected chi connectivity index (χ2v) is 4.96. The van der Waals surface area contributed by atoms with Crippen LogP contribution < -0.4 is 0 Å². The smallest absolute Gasteiger partial charge is 0.306 e. The summed E-state index contributed by atoms with van der Waals surface area (Å²) < 4.78 is 11.0. The number of aliphatic carboxylic acids is 1. The van der Waals surface area contributed by atoms with E-state index in [4.69, 9.17) is 14.6 Å². The van der Waals surface area contributed by atoms with E-state index in [0.29, 0.717) is 11.9 Å². The molecule has 2 fully saturated rings. The Balaban J connectivity index is 1.78. The summed E-state index contributed by atoms with van der Waals surface area (Å²) in [5.41, 5.74) is 0. The first kappa shape index (κ1) is 10.3. The van der Waals surface area contributed by atoms with Crippen molar-refractivity contribution >= 4 is 17.7 Å². The number of hydrogen-bond acceptors (Lipinski definition) is 4. The molecule has 0 aliphatic carbocycles. The first-order valence-electron chi connectivity index (χ1n) is 4.86. The molecule has 2 aliphatic rings. The van der Waals surface area contributed by atoms with Crippen LogP contribution in [0.2, 0.25) is 0 Å². The van der Waals surface area contributed by atoms with Crippen molar-refractivity contribution in [3.8, 4) is 0 Å². The van der Waals surface area contributed by atoms with E-state index in [1.165, 1.54) is 6.42 Å². The van der Waals surface area contributed by atoms with Crippen molar-refractivity contribution in [3.63, 3.8) is 0 Å². The van der Waals surface area contributed by atoms with Gasteiger partial charge in [0.1, 0.15) is 0 Å². The molecule has 0 radical (unpaired) electrons.